The molecule has 0 saturated carbocycles. The Morgan fingerprint density at radius 1 is 1.61 bits per heavy atom. The maximum atomic E-state index is 11.9. The third-order valence-corrected chi connectivity index (χ3v) is 2.93. The molecule has 18 heavy (non-hydrogen) atoms. The van der Waals surface area contributed by atoms with Gasteiger partial charge in [-0.15, -0.1) is 0 Å². The van der Waals surface area contributed by atoms with Crippen molar-refractivity contribution in [2.24, 2.45) is 5.73 Å². The number of aliphatic hydroxyl groups is 1. The van der Waals surface area contributed by atoms with Gasteiger partial charge in [0.2, 0.25) is 5.91 Å². The third-order valence-electron chi connectivity index (χ3n) is 2.93. The summed E-state index contributed by atoms with van der Waals surface area (Å²) in [6, 6.07) is 4.24. The molecule has 0 aliphatic carbocycles. The smallest absolute Gasteiger partial charge is 0.253 e. The maximum Gasteiger partial charge on any atom is 0.253 e. The molecule has 1 heterocycles. The van der Waals surface area contributed by atoms with E-state index in [1.807, 2.05) is 6.07 Å². The highest BCUT2D eigenvalue weighted by Gasteiger charge is 2.34. The van der Waals surface area contributed by atoms with Crippen LogP contribution in [0.2, 0.25) is 0 Å². The van der Waals surface area contributed by atoms with Crippen molar-refractivity contribution in [2.45, 2.75) is 12.5 Å². The minimum absolute atomic E-state index is 0.175. The van der Waals surface area contributed by atoms with Gasteiger partial charge in [-0.1, -0.05) is 0 Å². The first-order chi connectivity index (χ1) is 8.58. The maximum absolute atomic E-state index is 11.9. The number of carbonyl (C=O) groups excluding carboxylic acids is 2. The van der Waals surface area contributed by atoms with Crippen LogP contribution in [-0.4, -0.2) is 36.6 Å². The van der Waals surface area contributed by atoms with Gasteiger partial charge in [-0.25, -0.2) is 4.90 Å². The van der Waals surface area contributed by atoms with E-state index in [1.165, 1.54) is 0 Å². The Balaban J connectivity index is 2.36. The van der Waals surface area contributed by atoms with Crippen LogP contribution in [0.25, 0.3) is 0 Å². The quantitative estimate of drug-likeness (QED) is 0.669. The van der Waals surface area contributed by atoms with Gasteiger partial charge in [0.25, 0.3) is 5.91 Å². The summed E-state index contributed by atoms with van der Waals surface area (Å²) in [5.74, 6) is -0.884. The molecule has 96 valence electrons. The minimum atomic E-state index is -1.07. The van der Waals surface area contributed by atoms with Gasteiger partial charge in [0.05, 0.1) is 18.7 Å². The fraction of sp³-hybridized carbons (Fsp3) is 0.333. The number of amides is 2. The Labute approximate surface area is 104 Å². The highest BCUT2D eigenvalue weighted by molar-refractivity contribution is 6.20. The first-order valence-corrected chi connectivity index (χ1v) is 5.62. The van der Waals surface area contributed by atoms with Gasteiger partial charge < -0.3 is 16.2 Å². The molecule has 0 fully saturated rings. The van der Waals surface area contributed by atoms with Crippen molar-refractivity contribution in [2.75, 3.05) is 23.9 Å². The lowest BCUT2D eigenvalue weighted by atomic mass is 10.1. The van der Waals surface area contributed by atoms with Crippen LogP contribution in [0.1, 0.15) is 5.56 Å². The van der Waals surface area contributed by atoms with Crippen molar-refractivity contribution < 1.29 is 14.7 Å². The zero-order valence-corrected chi connectivity index (χ0v) is 10.0. The Kier molecular flexibility index (Phi) is 3.31. The fourth-order valence-electron chi connectivity index (χ4n) is 1.96. The summed E-state index contributed by atoms with van der Waals surface area (Å²) in [5.41, 5.74) is 7.67. The van der Waals surface area contributed by atoms with Crippen LogP contribution in [0.15, 0.2) is 18.2 Å². The molecule has 1 aliphatic rings. The average molecular weight is 249 g/mol. The lowest BCUT2D eigenvalue weighted by Crippen LogP contribution is -2.47. The lowest BCUT2D eigenvalue weighted by molar-refractivity contribution is -0.126. The van der Waals surface area contributed by atoms with Crippen molar-refractivity contribution in [3.05, 3.63) is 23.8 Å². The van der Waals surface area contributed by atoms with Crippen molar-refractivity contribution >= 4 is 23.2 Å². The summed E-state index contributed by atoms with van der Waals surface area (Å²) in [6.45, 7) is -0.480. The number of hydrogen-bond acceptors (Lipinski definition) is 5. The molecule has 1 aromatic rings. The summed E-state index contributed by atoms with van der Waals surface area (Å²) >= 11 is 0. The standard InChI is InChI=1S/C12H15N3O3/c1-14-8-2-3-10-7(4-8)5-11(17)15(10)12(18)9(13)6-16/h2-4,9,14,16H,5-6,13H2,1H3. The number of hydrogen-bond donors (Lipinski definition) is 3. The Bertz CT molecular complexity index is 501. The summed E-state index contributed by atoms with van der Waals surface area (Å²) in [5, 5.41) is 11.9. The van der Waals surface area contributed by atoms with Crippen LogP contribution < -0.4 is 16.0 Å². The van der Waals surface area contributed by atoms with E-state index in [0.29, 0.717) is 5.69 Å². The van der Waals surface area contributed by atoms with Crippen LogP contribution >= 0.6 is 0 Å². The van der Waals surface area contributed by atoms with Crippen molar-refractivity contribution in [1.82, 2.24) is 0 Å². The Morgan fingerprint density at radius 3 is 2.94 bits per heavy atom. The molecule has 0 aromatic heterocycles. The molecule has 0 spiro atoms. The molecular formula is C12H15N3O3. The molecule has 0 saturated heterocycles. The number of imide groups is 1. The van der Waals surface area contributed by atoms with Gasteiger partial charge in [0.15, 0.2) is 0 Å². The second-order valence-corrected chi connectivity index (χ2v) is 4.13. The zero-order chi connectivity index (χ0) is 13.3. The van der Waals surface area contributed by atoms with E-state index in [9.17, 15) is 9.59 Å². The Morgan fingerprint density at radius 2 is 2.33 bits per heavy atom. The first kappa shape index (κ1) is 12.5. The topological polar surface area (TPSA) is 95.7 Å². The molecule has 0 bridgehead atoms. The minimum Gasteiger partial charge on any atom is -0.394 e. The summed E-state index contributed by atoms with van der Waals surface area (Å²) in [4.78, 5) is 24.8. The number of fused-ring (bicyclic) bond motifs is 1. The van der Waals surface area contributed by atoms with E-state index in [2.05, 4.69) is 5.32 Å². The fourth-order valence-corrected chi connectivity index (χ4v) is 1.96. The largest absolute Gasteiger partial charge is 0.394 e. The number of nitrogens with one attached hydrogen (secondary N) is 1. The van der Waals surface area contributed by atoms with E-state index >= 15 is 0 Å². The summed E-state index contributed by atoms with van der Waals surface area (Å²) < 4.78 is 0. The van der Waals surface area contributed by atoms with Gasteiger partial charge in [0.1, 0.15) is 6.04 Å². The monoisotopic (exact) mass is 249 g/mol. The lowest BCUT2D eigenvalue weighted by Gasteiger charge is -2.18. The molecule has 6 nitrogen and oxygen atoms in total. The highest BCUT2D eigenvalue weighted by atomic mass is 16.3. The SMILES string of the molecule is CNc1ccc2c(c1)CC(=O)N2C(=O)C(N)CO. The van der Waals surface area contributed by atoms with E-state index in [0.717, 1.165) is 16.2 Å². The number of rotatable bonds is 3. The molecule has 0 radical (unpaired) electrons. The summed E-state index contributed by atoms with van der Waals surface area (Å²) in [7, 11) is 1.78. The van der Waals surface area contributed by atoms with E-state index in [1.54, 1.807) is 19.2 Å². The molecule has 2 rings (SSSR count). The number of aliphatic hydroxyl groups excluding tert-OH is 1. The van der Waals surface area contributed by atoms with Gasteiger partial charge in [0, 0.05) is 12.7 Å². The second-order valence-electron chi connectivity index (χ2n) is 4.13. The Hall–Kier alpha value is -1.92. The van der Waals surface area contributed by atoms with Crippen molar-refractivity contribution in [3.8, 4) is 0 Å². The van der Waals surface area contributed by atoms with E-state index in [-0.39, 0.29) is 12.3 Å². The van der Waals surface area contributed by atoms with Crippen molar-refractivity contribution in [3.63, 3.8) is 0 Å². The second kappa shape index (κ2) is 4.75. The van der Waals surface area contributed by atoms with E-state index in [4.69, 9.17) is 10.8 Å². The summed E-state index contributed by atoms with van der Waals surface area (Å²) in [6.07, 6.45) is 0.175. The number of nitrogens with zero attached hydrogens (tertiary/aromatic N) is 1. The van der Waals surface area contributed by atoms with Crippen molar-refractivity contribution in [1.29, 1.82) is 0 Å². The van der Waals surface area contributed by atoms with E-state index < -0.39 is 18.6 Å². The molecule has 2 amide bonds. The molecule has 1 aliphatic heterocycles. The predicted octanol–water partition coefficient (Wildman–Crippen LogP) is -0.536. The van der Waals surface area contributed by atoms with Gasteiger partial charge in [-0.3, -0.25) is 9.59 Å². The third kappa shape index (κ3) is 1.96. The number of nitrogens with two attached hydrogens (primary N) is 1. The molecule has 1 atom stereocenters. The normalized spacial score (nSPS) is 15.5. The first-order valence-electron chi connectivity index (χ1n) is 5.62. The van der Waals surface area contributed by atoms with Crippen LogP contribution in [-0.2, 0) is 16.0 Å². The number of anilines is 2. The van der Waals surface area contributed by atoms with Gasteiger partial charge >= 0.3 is 0 Å². The highest BCUT2D eigenvalue weighted by Crippen LogP contribution is 2.31. The number of carbonyl (C=O) groups is 2. The average Bonchev–Trinajstić information content (AvgIpc) is 2.71. The van der Waals surface area contributed by atoms with Gasteiger partial charge in [-0.05, 0) is 23.8 Å². The molecule has 1 aromatic carbocycles. The zero-order valence-electron chi connectivity index (χ0n) is 10.0. The van der Waals surface area contributed by atoms with Crippen LogP contribution in [0, 0.1) is 0 Å². The molecule has 1 unspecified atom stereocenters. The molecular weight excluding hydrogens is 234 g/mol. The molecule has 4 N–H and O–H groups in total. The molecule has 6 heteroatoms. The number of benzene rings is 1. The van der Waals surface area contributed by atoms with Gasteiger partial charge in [-0.2, -0.15) is 0 Å². The van der Waals surface area contributed by atoms with Crippen LogP contribution in [0.4, 0.5) is 11.4 Å². The van der Waals surface area contributed by atoms with Crippen LogP contribution in [0.3, 0.4) is 0 Å². The predicted molar refractivity (Wildman–Crippen MR) is 67.2 cm³/mol. The van der Waals surface area contributed by atoms with Crippen LogP contribution in [0.5, 0.6) is 0 Å².